The summed E-state index contributed by atoms with van der Waals surface area (Å²) < 4.78 is 5.06. The van der Waals surface area contributed by atoms with Crippen LogP contribution in [-0.4, -0.2) is 22.3 Å². The lowest BCUT2D eigenvalue weighted by atomic mass is 10.3. The number of hydrogen-bond donors (Lipinski definition) is 0. The van der Waals surface area contributed by atoms with E-state index in [4.69, 9.17) is 4.74 Å². The summed E-state index contributed by atoms with van der Waals surface area (Å²) in [6, 6.07) is 8.76. The van der Waals surface area contributed by atoms with Gasteiger partial charge in [-0.2, -0.15) is 0 Å². The molecule has 0 aliphatic carbocycles. The Balaban J connectivity index is 0.00000169. The zero-order valence-corrected chi connectivity index (χ0v) is 7.04. The first-order valence-electron chi connectivity index (χ1n) is 3.71. The van der Waals surface area contributed by atoms with Gasteiger partial charge in [-0.3, -0.25) is 4.84 Å². The van der Waals surface area contributed by atoms with Gasteiger partial charge in [0.2, 0.25) is 6.29 Å². The molecule has 1 aromatic rings. The molecule has 1 unspecified atom stereocenters. The molecule has 0 aliphatic rings. The molecule has 0 spiro atoms. The molecule has 0 amide bonds. The van der Waals surface area contributed by atoms with Crippen molar-refractivity contribution in [1.82, 2.24) is 0 Å². The fourth-order valence-electron chi connectivity index (χ4n) is 0.833. The van der Waals surface area contributed by atoms with E-state index >= 15 is 0 Å². The molecule has 1 aromatic carbocycles. The van der Waals surface area contributed by atoms with Gasteiger partial charge in [0.1, 0.15) is 5.75 Å². The average molecular weight is 215 g/mol. The Morgan fingerprint density at radius 3 is 2.43 bits per heavy atom. The molecule has 0 saturated heterocycles. The van der Waals surface area contributed by atoms with Gasteiger partial charge in [-0.05, 0) is 30.0 Å². The standard InChI is InChI=1S/C8H9NO4.H4Si/c1-7(13-9(10)11)12-8-5-3-2-4-6-8;/h2-7H,1H3;1H4. The van der Waals surface area contributed by atoms with Crippen molar-refractivity contribution in [3.05, 3.63) is 40.4 Å². The lowest BCUT2D eigenvalue weighted by molar-refractivity contribution is -0.776. The van der Waals surface area contributed by atoms with Crippen molar-refractivity contribution in [1.29, 1.82) is 0 Å². The fraction of sp³-hybridized carbons (Fsp3) is 0.250. The highest BCUT2D eigenvalue weighted by Gasteiger charge is 2.07. The van der Waals surface area contributed by atoms with Gasteiger partial charge < -0.3 is 4.74 Å². The SMILES string of the molecule is CC(Oc1ccccc1)O[N+](=O)[O-].[SiH4]. The van der Waals surface area contributed by atoms with E-state index in [1.807, 2.05) is 6.07 Å². The van der Waals surface area contributed by atoms with Gasteiger partial charge in [0, 0.05) is 0 Å². The summed E-state index contributed by atoms with van der Waals surface area (Å²) in [6.45, 7) is 1.45. The molecule has 78 valence electrons. The quantitative estimate of drug-likeness (QED) is 0.311. The first-order valence-corrected chi connectivity index (χ1v) is 3.71. The number of benzene rings is 1. The molecule has 14 heavy (non-hydrogen) atoms. The Hall–Kier alpha value is -1.56. The van der Waals surface area contributed by atoms with E-state index in [1.165, 1.54) is 6.92 Å². The van der Waals surface area contributed by atoms with Crippen molar-refractivity contribution in [2.75, 3.05) is 0 Å². The number of para-hydroxylation sites is 1. The van der Waals surface area contributed by atoms with Crippen LogP contribution in [0.1, 0.15) is 6.92 Å². The minimum Gasteiger partial charge on any atom is -0.465 e. The van der Waals surface area contributed by atoms with Crippen molar-refractivity contribution in [3.63, 3.8) is 0 Å². The zero-order chi connectivity index (χ0) is 9.68. The minimum atomic E-state index is -0.891. The van der Waals surface area contributed by atoms with E-state index in [0.29, 0.717) is 5.75 Å². The number of ether oxygens (including phenoxy) is 1. The van der Waals surface area contributed by atoms with Crippen LogP contribution in [0.2, 0.25) is 0 Å². The van der Waals surface area contributed by atoms with Gasteiger partial charge in [0.15, 0.2) is 0 Å². The number of nitrogens with zero attached hydrogens (tertiary/aromatic N) is 1. The van der Waals surface area contributed by atoms with Gasteiger partial charge in [-0.15, -0.1) is 10.1 Å². The van der Waals surface area contributed by atoms with Crippen LogP contribution in [0.5, 0.6) is 5.75 Å². The molecule has 0 heterocycles. The smallest absolute Gasteiger partial charge is 0.298 e. The van der Waals surface area contributed by atoms with Gasteiger partial charge in [0.05, 0.1) is 0 Å². The Kier molecular flexibility index (Phi) is 5.31. The average Bonchev–Trinajstić information content (AvgIpc) is 2.04. The summed E-state index contributed by atoms with van der Waals surface area (Å²) in [5.41, 5.74) is 0. The maximum absolute atomic E-state index is 9.90. The predicted molar refractivity (Wildman–Crippen MR) is 55.9 cm³/mol. The number of rotatable bonds is 4. The Bertz CT molecular complexity index is 280. The van der Waals surface area contributed by atoms with Crippen molar-refractivity contribution < 1.29 is 14.7 Å². The molecule has 0 fully saturated rings. The molecule has 0 bridgehead atoms. The van der Waals surface area contributed by atoms with Crippen LogP contribution in [0.25, 0.3) is 0 Å². The predicted octanol–water partition coefficient (Wildman–Crippen LogP) is 0.168. The van der Waals surface area contributed by atoms with Crippen LogP contribution >= 0.6 is 0 Å². The number of hydrogen-bond acceptors (Lipinski definition) is 4. The zero-order valence-electron chi connectivity index (χ0n) is 7.04. The molecule has 6 heteroatoms. The highest BCUT2D eigenvalue weighted by molar-refractivity contribution is 5.75. The first kappa shape index (κ1) is 12.4. The van der Waals surface area contributed by atoms with Gasteiger partial charge in [0.25, 0.3) is 5.09 Å². The van der Waals surface area contributed by atoms with Crippen molar-refractivity contribution in [2.24, 2.45) is 0 Å². The van der Waals surface area contributed by atoms with Crippen molar-refractivity contribution in [2.45, 2.75) is 13.2 Å². The Morgan fingerprint density at radius 2 is 1.93 bits per heavy atom. The van der Waals surface area contributed by atoms with E-state index in [2.05, 4.69) is 4.84 Å². The maximum Gasteiger partial charge on any atom is 0.298 e. The van der Waals surface area contributed by atoms with E-state index in [1.54, 1.807) is 24.3 Å². The van der Waals surface area contributed by atoms with E-state index in [-0.39, 0.29) is 11.0 Å². The third kappa shape index (κ3) is 4.46. The highest BCUT2D eigenvalue weighted by atomic mass is 28.1. The summed E-state index contributed by atoms with van der Waals surface area (Å²) in [7, 11) is 0. The summed E-state index contributed by atoms with van der Waals surface area (Å²) in [5, 5.41) is 9.02. The molecule has 0 saturated carbocycles. The van der Waals surface area contributed by atoms with Crippen molar-refractivity contribution >= 4 is 11.0 Å². The molecule has 1 atom stereocenters. The molecule has 1 rings (SSSR count). The second kappa shape index (κ2) is 5.98. The van der Waals surface area contributed by atoms with Gasteiger partial charge in [-0.25, -0.2) is 0 Å². The largest absolute Gasteiger partial charge is 0.465 e. The molecule has 0 aromatic heterocycles. The molecule has 0 N–H and O–H groups in total. The van der Waals surface area contributed by atoms with Crippen molar-refractivity contribution in [3.8, 4) is 5.75 Å². The molecule has 0 aliphatic heterocycles. The van der Waals surface area contributed by atoms with Crippen LogP contribution in [0.4, 0.5) is 0 Å². The lowest BCUT2D eigenvalue weighted by Crippen LogP contribution is -2.19. The summed E-state index contributed by atoms with van der Waals surface area (Å²) in [4.78, 5) is 14.1. The lowest BCUT2D eigenvalue weighted by Gasteiger charge is -2.11. The topological polar surface area (TPSA) is 61.6 Å². The van der Waals surface area contributed by atoms with Crippen LogP contribution in [0.3, 0.4) is 0 Å². The molecular weight excluding hydrogens is 202 g/mol. The van der Waals surface area contributed by atoms with E-state index in [0.717, 1.165) is 0 Å². The maximum atomic E-state index is 9.90. The monoisotopic (exact) mass is 215 g/mol. The van der Waals surface area contributed by atoms with Gasteiger partial charge in [-0.1, -0.05) is 18.2 Å². The third-order valence-electron chi connectivity index (χ3n) is 1.28. The summed E-state index contributed by atoms with van der Waals surface area (Å²) in [5.74, 6) is 0.539. The fourth-order valence-corrected chi connectivity index (χ4v) is 0.833. The third-order valence-corrected chi connectivity index (χ3v) is 1.28. The van der Waals surface area contributed by atoms with E-state index < -0.39 is 11.4 Å². The minimum absolute atomic E-state index is 0. The molecule has 0 radical (unpaired) electrons. The molecular formula is C8H13NO4Si. The highest BCUT2D eigenvalue weighted by Crippen LogP contribution is 2.10. The van der Waals surface area contributed by atoms with Crippen LogP contribution in [-0.2, 0) is 4.84 Å². The van der Waals surface area contributed by atoms with Crippen LogP contribution < -0.4 is 4.74 Å². The van der Waals surface area contributed by atoms with E-state index in [9.17, 15) is 10.1 Å². The first-order chi connectivity index (χ1) is 6.18. The van der Waals surface area contributed by atoms with Crippen LogP contribution in [0.15, 0.2) is 30.3 Å². The van der Waals surface area contributed by atoms with Gasteiger partial charge >= 0.3 is 0 Å². The normalized spacial score (nSPS) is 10.9. The second-order valence-corrected chi connectivity index (χ2v) is 2.33. The molecule has 5 nitrogen and oxygen atoms in total. The second-order valence-electron chi connectivity index (χ2n) is 2.33. The summed E-state index contributed by atoms with van der Waals surface area (Å²) in [6.07, 6.45) is -0.891. The Labute approximate surface area is 85.8 Å². The Morgan fingerprint density at radius 1 is 1.36 bits per heavy atom. The summed E-state index contributed by atoms with van der Waals surface area (Å²) >= 11 is 0. The van der Waals surface area contributed by atoms with Crippen LogP contribution in [0, 0.1) is 10.1 Å².